The predicted molar refractivity (Wildman–Crippen MR) is 139 cm³/mol. The third-order valence-electron chi connectivity index (χ3n) is 6.61. The van der Waals surface area contributed by atoms with Crippen LogP contribution in [0.25, 0.3) is 11.0 Å². The van der Waals surface area contributed by atoms with Crippen LogP contribution in [-0.2, 0) is 4.74 Å². The lowest BCUT2D eigenvalue weighted by Crippen LogP contribution is -2.34. The molecule has 0 aliphatic carbocycles. The lowest BCUT2D eigenvalue weighted by molar-refractivity contribution is 0.0127. The van der Waals surface area contributed by atoms with Gasteiger partial charge in [0, 0.05) is 24.0 Å². The van der Waals surface area contributed by atoms with Crippen LogP contribution in [0.15, 0.2) is 54.9 Å². The van der Waals surface area contributed by atoms with Gasteiger partial charge in [-0.05, 0) is 55.7 Å². The number of benzene rings is 2. The summed E-state index contributed by atoms with van der Waals surface area (Å²) in [6.07, 6.45) is 4.80. The quantitative estimate of drug-likeness (QED) is 0.303. The summed E-state index contributed by atoms with van der Waals surface area (Å²) in [6, 6.07) is 15.3. The van der Waals surface area contributed by atoms with E-state index in [4.69, 9.17) is 14.7 Å². The summed E-state index contributed by atoms with van der Waals surface area (Å²) in [7, 11) is 0. The Labute approximate surface area is 218 Å². The fraction of sp³-hybridized carbons (Fsp3) is 0.241. The number of nitrogens with one attached hydrogen (secondary N) is 2. The number of pyridine rings is 1. The summed E-state index contributed by atoms with van der Waals surface area (Å²) >= 11 is 0. The summed E-state index contributed by atoms with van der Waals surface area (Å²) in [6.45, 7) is 2.17. The number of aromatic nitrogens is 2. The van der Waals surface area contributed by atoms with Gasteiger partial charge in [-0.15, -0.1) is 0 Å². The van der Waals surface area contributed by atoms with E-state index in [-0.39, 0.29) is 23.7 Å². The summed E-state index contributed by atoms with van der Waals surface area (Å²) in [5.74, 6) is -0.223. The highest BCUT2D eigenvalue weighted by molar-refractivity contribution is 6.19. The largest absolute Gasteiger partial charge is 0.454 e. The van der Waals surface area contributed by atoms with Crippen LogP contribution in [0.2, 0.25) is 0 Å². The molecule has 2 aromatic heterocycles. The minimum absolute atomic E-state index is 0.0861. The van der Waals surface area contributed by atoms with Gasteiger partial charge in [0.15, 0.2) is 17.3 Å². The number of rotatable bonds is 7. The van der Waals surface area contributed by atoms with E-state index in [0.29, 0.717) is 57.8 Å². The van der Waals surface area contributed by atoms with Crippen molar-refractivity contribution in [3.05, 3.63) is 82.9 Å². The predicted octanol–water partition coefficient (Wildman–Crippen LogP) is 5.78. The monoisotopic (exact) mass is 509 g/mol. The van der Waals surface area contributed by atoms with Gasteiger partial charge in [0.2, 0.25) is 0 Å². The van der Waals surface area contributed by atoms with E-state index in [0.717, 1.165) is 12.8 Å². The number of nitrogens with zero attached hydrogens (tertiary/aromatic N) is 3. The van der Waals surface area contributed by atoms with Crippen molar-refractivity contribution in [1.82, 2.24) is 9.97 Å². The van der Waals surface area contributed by atoms with Crippen LogP contribution in [0.1, 0.15) is 46.3 Å². The molecule has 8 nitrogen and oxygen atoms in total. The first kappa shape index (κ1) is 24.9. The smallest absolute Gasteiger partial charge is 0.195 e. The van der Waals surface area contributed by atoms with E-state index in [1.807, 2.05) is 0 Å². The van der Waals surface area contributed by atoms with Gasteiger partial charge in [-0.3, -0.25) is 4.79 Å². The highest BCUT2D eigenvalue weighted by atomic mass is 19.1. The average molecular weight is 510 g/mol. The molecule has 1 aliphatic rings. The number of halogens is 1. The molecule has 5 rings (SSSR count). The van der Waals surface area contributed by atoms with Gasteiger partial charge in [0.1, 0.15) is 17.5 Å². The van der Waals surface area contributed by atoms with Crippen molar-refractivity contribution in [2.45, 2.75) is 38.3 Å². The summed E-state index contributed by atoms with van der Waals surface area (Å²) in [4.78, 5) is 21.1. The van der Waals surface area contributed by atoms with Crippen molar-refractivity contribution < 1.29 is 18.7 Å². The first-order chi connectivity index (χ1) is 18.5. The normalized spacial score (nSPS) is 16.9. The first-order valence-corrected chi connectivity index (χ1v) is 12.2. The van der Waals surface area contributed by atoms with Crippen LogP contribution in [0.4, 0.5) is 10.1 Å². The van der Waals surface area contributed by atoms with Crippen LogP contribution in [-0.4, -0.2) is 34.5 Å². The van der Waals surface area contributed by atoms with Crippen LogP contribution in [0.3, 0.4) is 0 Å². The SMILES string of the molecule is Cc1cc(Oc2ccccc2F)ccc1C(=O)c1c[nH]c2ncc(C#N)c(N[C@@H]3CC[C@@H](CC#N)OC3)c12. The molecule has 1 fully saturated rings. The summed E-state index contributed by atoms with van der Waals surface area (Å²) in [5.41, 5.74) is 2.78. The van der Waals surface area contributed by atoms with Crippen LogP contribution < -0.4 is 10.1 Å². The number of carbonyl (C=O) groups excluding carboxylic acids is 1. The Morgan fingerprint density at radius 2 is 2.08 bits per heavy atom. The van der Waals surface area contributed by atoms with Crippen LogP contribution >= 0.6 is 0 Å². The van der Waals surface area contributed by atoms with E-state index in [9.17, 15) is 14.4 Å². The molecule has 0 bridgehead atoms. The maximum atomic E-state index is 14.0. The Balaban J connectivity index is 1.45. The molecule has 2 aromatic carbocycles. The van der Waals surface area contributed by atoms with E-state index in [1.54, 1.807) is 43.5 Å². The lowest BCUT2D eigenvalue weighted by Gasteiger charge is -2.29. The Morgan fingerprint density at radius 3 is 2.79 bits per heavy atom. The van der Waals surface area contributed by atoms with Gasteiger partial charge >= 0.3 is 0 Å². The third-order valence-corrected chi connectivity index (χ3v) is 6.61. The maximum Gasteiger partial charge on any atom is 0.195 e. The zero-order valence-electron chi connectivity index (χ0n) is 20.6. The Bertz CT molecular complexity index is 1590. The number of para-hydroxylation sites is 1. The molecule has 0 spiro atoms. The van der Waals surface area contributed by atoms with Crippen LogP contribution in [0.5, 0.6) is 11.5 Å². The molecule has 190 valence electrons. The molecular weight excluding hydrogens is 485 g/mol. The number of carbonyl (C=O) groups is 1. The second-order valence-corrected chi connectivity index (χ2v) is 9.16. The molecule has 3 heterocycles. The number of ether oxygens (including phenoxy) is 2. The van der Waals surface area contributed by atoms with Crippen molar-refractivity contribution in [3.8, 4) is 23.6 Å². The van der Waals surface area contributed by atoms with Crippen molar-refractivity contribution >= 4 is 22.5 Å². The first-order valence-electron chi connectivity index (χ1n) is 12.2. The number of H-pyrrole nitrogens is 1. The number of anilines is 1. The molecule has 1 saturated heterocycles. The summed E-state index contributed by atoms with van der Waals surface area (Å²) in [5, 5.41) is 22.6. The van der Waals surface area contributed by atoms with Gasteiger partial charge in [0.25, 0.3) is 0 Å². The average Bonchev–Trinajstić information content (AvgIpc) is 3.36. The number of hydrogen-bond donors (Lipinski definition) is 2. The van der Waals surface area contributed by atoms with E-state index >= 15 is 0 Å². The number of fused-ring (bicyclic) bond motifs is 1. The minimum Gasteiger partial charge on any atom is -0.454 e. The van der Waals surface area contributed by atoms with E-state index in [2.05, 4.69) is 27.4 Å². The zero-order chi connectivity index (χ0) is 26.6. The number of nitriles is 2. The van der Waals surface area contributed by atoms with Gasteiger partial charge in [-0.2, -0.15) is 10.5 Å². The second-order valence-electron chi connectivity index (χ2n) is 9.16. The van der Waals surface area contributed by atoms with Crippen molar-refractivity contribution in [3.63, 3.8) is 0 Å². The van der Waals surface area contributed by atoms with E-state index < -0.39 is 5.82 Å². The van der Waals surface area contributed by atoms with Gasteiger partial charge in [-0.1, -0.05) is 12.1 Å². The van der Waals surface area contributed by atoms with Crippen molar-refractivity contribution in [1.29, 1.82) is 10.5 Å². The molecule has 4 aromatic rings. The highest BCUT2D eigenvalue weighted by Crippen LogP contribution is 2.33. The van der Waals surface area contributed by atoms with Crippen molar-refractivity contribution in [2.75, 3.05) is 11.9 Å². The topological polar surface area (TPSA) is 124 Å². The molecule has 38 heavy (non-hydrogen) atoms. The molecule has 0 unspecified atom stereocenters. The lowest BCUT2D eigenvalue weighted by atomic mass is 9.97. The number of aromatic amines is 1. The minimum atomic E-state index is -0.478. The fourth-order valence-corrected chi connectivity index (χ4v) is 4.65. The van der Waals surface area contributed by atoms with Gasteiger partial charge in [-0.25, -0.2) is 9.37 Å². The van der Waals surface area contributed by atoms with Gasteiger partial charge < -0.3 is 19.8 Å². The fourth-order valence-electron chi connectivity index (χ4n) is 4.65. The Morgan fingerprint density at radius 1 is 1.24 bits per heavy atom. The Kier molecular flexibility index (Phi) is 7.03. The van der Waals surface area contributed by atoms with E-state index in [1.165, 1.54) is 18.3 Å². The Hall–Kier alpha value is -4.73. The maximum absolute atomic E-state index is 14.0. The van der Waals surface area contributed by atoms with Gasteiger partial charge in [0.05, 0.1) is 47.4 Å². The molecule has 0 radical (unpaired) electrons. The zero-order valence-corrected chi connectivity index (χ0v) is 20.6. The number of ketones is 1. The number of hydrogen-bond acceptors (Lipinski definition) is 7. The molecular formula is C29H24FN5O3. The third kappa shape index (κ3) is 4.93. The van der Waals surface area contributed by atoms with Crippen LogP contribution in [0, 0.1) is 35.4 Å². The number of aryl methyl sites for hydroxylation is 1. The highest BCUT2D eigenvalue weighted by Gasteiger charge is 2.26. The summed E-state index contributed by atoms with van der Waals surface area (Å²) < 4.78 is 25.5. The second kappa shape index (κ2) is 10.7. The molecule has 0 amide bonds. The molecule has 9 heteroatoms. The molecule has 2 atom stereocenters. The molecule has 1 aliphatic heterocycles. The van der Waals surface area contributed by atoms with Crippen molar-refractivity contribution in [2.24, 2.45) is 0 Å². The molecule has 2 N–H and O–H groups in total. The standard InChI is InChI=1S/C29H24FN5O3/c1-17-12-21(38-25-5-3-2-4-24(25)30)8-9-22(17)28(36)23-15-34-29-26(23)27(18(13-32)14-33-29)35-19-6-7-20(10-11-31)37-16-19/h2-5,8-9,12,14-15,19-20H,6-7,10,16H2,1H3,(H2,33,34,35)/t19-,20+/m1/s1. The molecule has 0 saturated carbocycles.